The van der Waals surface area contributed by atoms with Crippen molar-refractivity contribution in [2.45, 2.75) is 144 Å². The molecule has 0 aliphatic carbocycles. The minimum atomic E-state index is 0.313. The van der Waals surface area contributed by atoms with Crippen LogP contribution in [0, 0.1) is 11.3 Å². The van der Waals surface area contributed by atoms with Crippen LogP contribution in [-0.4, -0.2) is 11.6 Å². The Morgan fingerprint density at radius 3 is 1.60 bits per heavy atom. The van der Waals surface area contributed by atoms with Crippen molar-refractivity contribution in [2.24, 2.45) is 11.3 Å². The summed E-state index contributed by atoms with van der Waals surface area (Å²) in [7, 11) is 0. The first kappa shape index (κ1) is 25.0. The molecule has 0 radical (unpaired) electrons. The van der Waals surface area contributed by atoms with Crippen molar-refractivity contribution in [3.8, 4) is 0 Å². The molecule has 0 aromatic heterocycles. The van der Waals surface area contributed by atoms with E-state index >= 15 is 0 Å². The second-order valence-corrected chi connectivity index (χ2v) is 9.75. The first-order chi connectivity index (χ1) is 11.7. The van der Waals surface area contributed by atoms with Gasteiger partial charge in [0, 0.05) is 11.6 Å². The van der Waals surface area contributed by atoms with Crippen LogP contribution in [0.15, 0.2) is 0 Å². The molecule has 0 rings (SSSR count). The van der Waals surface area contributed by atoms with E-state index < -0.39 is 0 Å². The second kappa shape index (κ2) is 13.2. The molecule has 0 saturated heterocycles. The van der Waals surface area contributed by atoms with Crippen LogP contribution >= 0.6 is 0 Å². The summed E-state index contributed by atoms with van der Waals surface area (Å²) in [6.45, 7) is 19.2. The van der Waals surface area contributed by atoms with Gasteiger partial charge in [0.25, 0.3) is 0 Å². The van der Waals surface area contributed by atoms with Crippen LogP contribution in [0.3, 0.4) is 0 Å². The molecule has 2 unspecified atom stereocenters. The van der Waals surface area contributed by atoms with E-state index in [0.717, 1.165) is 5.92 Å². The number of unbranched alkanes of at least 4 members (excludes halogenated alkanes) is 6. The van der Waals surface area contributed by atoms with Crippen molar-refractivity contribution in [1.29, 1.82) is 0 Å². The highest BCUT2D eigenvalue weighted by atomic mass is 15.0. The summed E-state index contributed by atoms with van der Waals surface area (Å²) in [4.78, 5) is 0. The van der Waals surface area contributed by atoms with Crippen LogP contribution in [0.2, 0.25) is 0 Å². The molecule has 0 aromatic rings. The quantitative estimate of drug-likeness (QED) is 0.276. The maximum absolute atomic E-state index is 4.12. The average Bonchev–Trinajstić information content (AvgIpc) is 2.55. The molecule has 0 aromatic carbocycles. The summed E-state index contributed by atoms with van der Waals surface area (Å²) in [6.07, 6.45) is 16.3. The Labute approximate surface area is 161 Å². The number of hydrogen-bond acceptors (Lipinski definition) is 1. The molecule has 152 valence electrons. The first-order valence-electron chi connectivity index (χ1n) is 11.5. The SMILES string of the molecule is CCCCCCC(C)(CCCCCC)NC(C)C(C)(C)CC(C)CC. The molecular weight excluding hydrogens is 302 g/mol. The van der Waals surface area contributed by atoms with E-state index in [1.54, 1.807) is 0 Å². The molecule has 25 heavy (non-hydrogen) atoms. The molecule has 1 N–H and O–H groups in total. The Morgan fingerprint density at radius 2 is 1.20 bits per heavy atom. The van der Waals surface area contributed by atoms with Crippen LogP contribution < -0.4 is 5.32 Å². The molecular formula is C24H51N. The molecule has 0 heterocycles. The third-order valence-electron chi connectivity index (χ3n) is 6.47. The molecule has 0 bridgehead atoms. The molecule has 0 spiro atoms. The van der Waals surface area contributed by atoms with E-state index in [9.17, 15) is 0 Å². The second-order valence-electron chi connectivity index (χ2n) is 9.75. The lowest BCUT2D eigenvalue weighted by Gasteiger charge is -2.42. The zero-order valence-corrected chi connectivity index (χ0v) is 19.1. The minimum Gasteiger partial charge on any atom is -0.309 e. The highest BCUT2D eigenvalue weighted by molar-refractivity contribution is 4.91. The van der Waals surface area contributed by atoms with Crippen molar-refractivity contribution in [2.75, 3.05) is 0 Å². The Bertz CT molecular complexity index is 295. The summed E-state index contributed by atoms with van der Waals surface area (Å²) in [5.41, 5.74) is 0.678. The monoisotopic (exact) mass is 353 g/mol. The van der Waals surface area contributed by atoms with Gasteiger partial charge in [-0.1, -0.05) is 99.3 Å². The lowest BCUT2D eigenvalue weighted by molar-refractivity contribution is 0.149. The standard InChI is InChI=1S/C24H51N/c1-9-12-14-16-18-24(8,19-17-15-13-10-2)25-22(5)23(6,7)20-21(4)11-3/h21-22,25H,9-20H2,1-8H3. The Balaban J connectivity index is 4.75. The third kappa shape index (κ3) is 11.3. The van der Waals surface area contributed by atoms with Crippen molar-refractivity contribution in [3.63, 3.8) is 0 Å². The zero-order chi connectivity index (χ0) is 19.3. The number of rotatable bonds is 16. The molecule has 0 aliphatic heterocycles. The largest absolute Gasteiger partial charge is 0.309 e. The fourth-order valence-corrected chi connectivity index (χ4v) is 4.09. The van der Waals surface area contributed by atoms with Gasteiger partial charge in [-0.05, 0) is 44.4 Å². The predicted molar refractivity (Wildman–Crippen MR) is 116 cm³/mol. The first-order valence-corrected chi connectivity index (χ1v) is 11.5. The van der Waals surface area contributed by atoms with Crippen LogP contribution in [-0.2, 0) is 0 Å². The lowest BCUT2D eigenvalue weighted by Crippen LogP contribution is -2.52. The Kier molecular flexibility index (Phi) is 13.2. The van der Waals surface area contributed by atoms with Gasteiger partial charge in [-0.25, -0.2) is 0 Å². The molecule has 0 saturated carbocycles. The summed E-state index contributed by atoms with van der Waals surface area (Å²) < 4.78 is 0. The van der Waals surface area contributed by atoms with E-state index in [-0.39, 0.29) is 0 Å². The van der Waals surface area contributed by atoms with Gasteiger partial charge in [0.1, 0.15) is 0 Å². The van der Waals surface area contributed by atoms with Gasteiger partial charge in [-0.2, -0.15) is 0 Å². The van der Waals surface area contributed by atoms with E-state index in [1.807, 2.05) is 0 Å². The highest BCUT2D eigenvalue weighted by Crippen LogP contribution is 2.33. The van der Waals surface area contributed by atoms with E-state index in [1.165, 1.54) is 77.0 Å². The fourth-order valence-electron chi connectivity index (χ4n) is 4.09. The Morgan fingerprint density at radius 1 is 0.720 bits per heavy atom. The number of nitrogens with one attached hydrogen (secondary N) is 1. The lowest BCUT2D eigenvalue weighted by atomic mass is 9.75. The third-order valence-corrected chi connectivity index (χ3v) is 6.47. The topological polar surface area (TPSA) is 12.0 Å². The maximum atomic E-state index is 4.12. The summed E-state index contributed by atoms with van der Waals surface area (Å²) >= 11 is 0. The van der Waals surface area contributed by atoms with Gasteiger partial charge in [-0.3, -0.25) is 0 Å². The summed E-state index contributed by atoms with van der Waals surface area (Å²) in [5.74, 6) is 0.819. The van der Waals surface area contributed by atoms with Crippen LogP contribution in [0.5, 0.6) is 0 Å². The molecule has 0 amide bonds. The van der Waals surface area contributed by atoms with Gasteiger partial charge < -0.3 is 5.32 Å². The van der Waals surface area contributed by atoms with Gasteiger partial charge in [0.2, 0.25) is 0 Å². The Hall–Kier alpha value is -0.0400. The van der Waals surface area contributed by atoms with E-state index in [4.69, 9.17) is 0 Å². The van der Waals surface area contributed by atoms with E-state index in [2.05, 4.69) is 60.7 Å². The van der Waals surface area contributed by atoms with Crippen molar-refractivity contribution < 1.29 is 0 Å². The maximum Gasteiger partial charge on any atom is 0.0156 e. The smallest absolute Gasteiger partial charge is 0.0156 e. The average molecular weight is 354 g/mol. The summed E-state index contributed by atoms with van der Waals surface area (Å²) in [6, 6.07) is 0.573. The van der Waals surface area contributed by atoms with Crippen LogP contribution in [0.1, 0.15) is 132 Å². The fraction of sp³-hybridized carbons (Fsp3) is 1.00. The van der Waals surface area contributed by atoms with Gasteiger partial charge in [-0.15, -0.1) is 0 Å². The molecule has 0 aliphatic rings. The zero-order valence-electron chi connectivity index (χ0n) is 19.1. The highest BCUT2D eigenvalue weighted by Gasteiger charge is 2.33. The minimum absolute atomic E-state index is 0.313. The molecule has 0 fully saturated rings. The van der Waals surface area contributed by atoms with Crippen molar-refractivity contribution >= 4 is 0 Å². The molecule has 2 atom stereocenters. The summed E-state index contributed by atoms with van der Waals surface area (Å²) in [5, 5.41) is 4.12. The normalized spacial score (nSPS) is 15.4. The van der Waals surface area contributed by atoms with Crippen molar-refractivity contribution in [1.82, 2.24) is 5.32 Å². The predicted octanol–water partition coefficient (Wildman–Crippen LogP) is 8.13. The number of hydrogen-bond donors (Lipinski definition) is 1. The van der Waals surface area contributed by atoms with Crippen molar-refractivity contribution in [3.05, 3.63) is 0 Å². The molecule has 1 nitrogen and oxygen atoms in total. The van der Waals surface area contributed by atoms with E-state index in [0.29, 0.717) is 17.0 Å². The van der Waals surface area contributed by atoms with Crippen LogP contribution in [0.25, 0.3) is 0 Å². The van der Waals surface area contributed by atoms with Gasteiger partial charge in [0.05, 0.1) is 0 Å². The van der Waals surface area contributed by atoms with Gasteiger partial charge >= 0.3 is 0 Å². The van der Waals surface area contributed by atoms with Gasteiger partial charge in [0.15, 0.2) is 0 Å². The van der Waals surface area contributed by atoms with Crippen LogP contribution in [0.4, 0.5) is 0 Å². The molecule has 1 heteroatoms.